The highest BCUT2D eigenvalue weighted by molar-refractivity contribution is 4.77. The fourth-order valence-corrected chi connectivity index (χ4v) is 2.39. The van der Waals surface area contributed by atoms with Crippen LogP contribution >= 0.6 is 0 Å². The summed E-state index contributed by atoms with van der Waals surface area (Å²) in [5.41, 5.74) is 0.377. The first-order valence-electron chi connectivity index (χ1n) is 5.83. The molecule has 1 saturated heterocycles. The lowest BCUT2D eigenvalue weighted by molar-refractivity contribution is -0.907. The molecule has 0 unspecified atom stereocenters. The van der Waals surface area contributed by atoms with Crippen molar-refractivity contribution in [2.24, 2.45) is 11.3 Å². The molecule has 14 heavy (non-hydrogen) atoms. The molecular formula is C12H25NO. The van der Waals surface area contributed by atoms with E-state index in [0.717, 1.165) is 31.8 Å². The van der Waals surface area contributed by atoms with Gasteiger partial charge >= 0.3 is 0 Å². The third-order valence-corrected chi connectivity index (χ3v) is 3.88. The quantitative estimate of drug-likeness (QED) is 0.470. The Labute approximate surface area is 88.5 Å². The maximum atomic E-state index is 12.2. The standard InChI is InChI=1S/C12H25NO/c1-10(2)13(14)8-6-11(7-9-13)12(3,4)5/h10-11H,6-9H2,1-5H3. The van der Waals surface area contributed by atoms with Gasteiger partial charge in [-0.2, -0.15) is 0 Å². The van der Waals surface area contributed by atoms with Crippen LogP contribution in [0.15, 0.2) is 0 Å². The minimum atomic E-state index is 0.0343. The van der Waals surface area contributed by atoms with Crippen LogP contribution in [-0.4, -0.2) is 23.8 Å². The molecule has 0 amide bonds. The Bertz CT molecular complexity index is 185. The Hall–Kier alpha value is -0.0800. The number of hydroxylamine groups is 3. The van der Waals surface area contributed by atoms with Crippen LogP contribution in [0, 0.1) is 16.5 Å². The van der Waals surface area contributed by atoms with Crippen molar-refractivity contribution < 1.29 is 4.65 Å². The Kier molecular flexibility index (Phi) is 3.27. The summed E-state index contributed by atoms with van der Waals surface area (Å²) in [6.45, 7) is 12.6. The molecule has 0 bridgehead atoms. The first-order valence-corrected chi connectivity index (χ1v) is 5.83. The highest BCUT2D eigenvalue weighted by Crippen LogP contribution is 2.36. The zero-order valence-electron chi connectivity index (χ0n) is 10.3. The van der Waals surface area contributed by atoms with Crippen LogP contribution in [0.2, 0.25) is 0 Å². The third kappa shape index (κ3) is 2.48. The van der Waals surface area contributed by atoms with Gasteiger partial charge in [0.1, 0.15) is 0 Å². The highest BCUT2D eigenvalue weighted by Gasteiger charge is 2.34. The Morgan fingerprint density at radius 1 is 1.14 bits per heavy atom. The van der Waals surface area contributed by atoms with Crippen LogP contribution < -0.4 is 0 Å². The van der Waals surface area contributed by atoms with Crippen molar-refractivity contribution in [1.29, 1.82) is 0 Å². The molecule has 0 aromatic carbocycles. The van der Waals surface area contributed by atoms with Crippen molar-refractivity contribution >= 4 is 0 Å². The summed E-state index contributed by atoms with van der Waals surface area (Å²) < 4.78 is 0.0343. The van der Waals surface area contributed by atoms with E-state index in [1.54, 1.807) is 0 Å². The van der Waals surface area contributed by atoms with Gasteiger partial charge in [-0.3, -0.25) is 0 Å². The first kappa shape index (κ1) is 12.0. The van der Waals surface area contributed by atoms with Crippen molar-refractivity contribution in [2.75, 3.05) is 13.1 Å². The van der Waals surface area contributed by atoms with Gasteiger partial charge in [0, 0.05) is 12.8 Å². The van der Waals surface area contributed by atoms with Gasteiger partial charge in [-0.15, -0.1) is 0 Å². The second kappa shape index (κ2) is 3.82. The molecule has 0 aromatic rings. The number of likely N-dealkylation sites (tertiary alicyclic amines) is 1. The molecule has 1 aliphatic heterocycles. The molecule has 0 spiro atoms. The summed E-state index contributed by atoms with van der Waals surface area (Å²) in [5.74, 6) is 0.737. The fraction of sp³-hybridized carbons (Fsp3) is 1.00. The zero-order chi connectivity index (χ0) is 11.0. The molecule has 84 valence electrons. The second-order valence-electron chi connectivity index (χ2n) is 6.13. The molecule has 1 fully saturated rings. The fourth-order valence-electron chi connectivity index (χ4n) is 2.39. The topological polar surface area (TPSA) is 23.1 Å². The molecule has 1 rings (SSSR count). The Morgan fingerprint density at radius 3 is 1.86 bits per heavy atom. The predicted molar refractivity (Wildman–Crippen MR) is 60.7 cm³/mol. The normalized spacial score (nSPS) is 34.9. The minimum absolute atomic E-state index is 0.0343. The van der Waals surface area contributed by atoms with Crippen molar-refractivity contribution in [3.8, 4) is 0 Å². The molecule has 0 N–H and O–H groups in total. The van der Waals surface area contributed by atoms with E-state index < -0.39 is 0 Å². The van der Waals surface area contributed by atoms with Crippen molar-refractivity contribution in [2.45, 2.75) is 53.5 Å². The van der Waals surface area contributed by atoms with Gasteiger partial charge in [0.2, 0.25) is 0 Å². The van der Waals surface area contributed by atoms with Crippen LogP contribution in [-0.2, 0) is 0 Å². The number of rotatable bonds is 1. The summed E-state index contributed by atoms with van der Waals surface area (Å²) in [6, 6.07) is 0.232. The van der Waals surface area contributed by atoms with Crippen LogP contribution in [0.5, 0.6) is 0 Å². The number of piperidine rings is 1. The lowest BCUT2D eigenvalue weighted by Gasteiger charge is -2.52. The molecule has 0 saturated carbocycles. The SMILES string of the molecule is CC(C)[N+]1([O-])CCC(C(C)(C)C)CC1. The summed E-state index contributed by atoms with van der Waals surface area (Å²) in [4.78, 5) is 0. The van der Waals surface area contributed by atoms with Crippen LogP contribution in [0.1, 0.15) is 47.5 Å². The summed E-state index contributed by atoms with van der Waals surface area (Å²) >= 11 is 0. The van der Waals surface area contributed by atoms with Crippen LogP contribution in [0.25, 0.3) is 0 Å². The first-order chi connectivity index (χ1) is 6.26. The monoisotopic (exact) mass is 199 g/mol. The average Bonchev–Trinajstić information content (AvgIpc) is 2.03. The minimum Gasteiger partial charge on any atom is -0.633 e. The molecule has 0 radical (unpaired) electrons. The zero-order valence-corrected chi connectivity index (χ0v) is 10.3. The van der Waals surface area contributed by atoms with E-state index >= 15 is 0 Å². The largest absolute Gasteiger partial charge is 0.633 e. The number of hydrogen-bond acceptors (Lipinski definition) is 1. The van der Waals surface area contributed by atoms with Gasteiger partial charge in [0.25, 0.3) is 0 Å². The molecule has 1 aliphatic rings. The lowest BCUT2D eigenvalue weighted by atomic mass is 9.75. The summed E-state index contributed by atoms with van der Waals surface area (Å²) in [5, 5.41) is 12.2. The molecule has 2 nitrogen and oxygen atoms in total. The van der Waals surface area contributed by atoms with Crippen molar-refractivity contribution in [3.05, 3.63) is 5.21 Å². The van der Waals surface area contributed by atoms with Crippen molar-refractivity contribution in [3.63, 3.8) is 0 Å². The van der Waals surface area contributed by atoms with Gasteiger partial charge in [0.05, 0.1) is 19.1 Å². The molecule has 1 heterocycles. The molecule has 0 atom stereocenters. The van der Waals surface area contributed by atoms with E-state index in [4.69, 9.17) is 0 Å². The summed E-state index contributed by atoms with van der Waals surface area (Å²) in [7, 11) is 0. The Balaban J connectivity index is 2.54. The number of quaternary nitrogens is 1. The molecule has 2 heteroatoms. The maximum Gasteiger partial charge on any atom is 0.0830 e. The van der Waals surface area contributed by atoms with Gasteiger partial charge in [-0.25, -0.2) is 0 Å². The van der Waals surface area contributed by atoms with Gasteiger partial charge < -0.3 is 9.85 Å². The van der Waals surface area contributed by atoms with E-state index in [9.17, 15) is 5.21 Å². The average molecular weight is 199 g/mol. The van der Waals surface area contributed by atoms with E-state index in [-0.39, 0.29) is 10.7 Å². The smallest absolute Gasteiger partial charge is 0.0830 e. The highest BCUT2D eigenvalue weighted by atomic mass is 16.5. The number of nitrogens with zero attached hydrogens (tertiary/aromatic N) is 1. The Morgan fingerprint density at radius 2 is 1.57 bits per heavy atom. The maximum absolute atomic E-state index is 12.2. The van der Waals surface area contributed by atoms with E-state index in [0.29, 0.717) is 5.41 Å². The predicted octanol–water partition coefficient (Wildman–Crippen LogP) is 3.17. The summed E-state index contributed by atoms with van der Waals surface area (Å²) in [6.07, 6.45) is 2.20. The van der Waals surface area contributed by atoms with E-state index in [2.05, 4.69) is 20.8 Å². The molecular weight excluding hydrogens is 174 g/mol. The van der Waals surface area contributed by atoms with Gasteiger partial charge in [-0.1, -0.05) is 20.8 Å². The van der Waals surface area contributed by atoms with Crippen LogP contribution in [0.4, 0.5) is 0 Å². The number of hydrogen-bond donors (Lipinski definition) is 0. The lowest BCUT2D eigenvalue weighted by Crippen LogP contribution is -2.53. The molecule has 0 aromatic heterocycles. The molecule has 0 aliphatic carbocycles. The second-order valence-corrected chi connectivity index (χ2v) is 6.13. The van der Waals surface area contributed by atoms with Crippen LogP contribution in [0.3, 0.4) is 0 Å². The van der Waals surface area contributed by atoms with Gasteiger partial charge in [-0.05, 0) is 25.2 Å². The van der Waals surface area contributed by atoms with E-state index in [1.807, 2.05) is 13.8 Å². The van der Waals surface area contributed by atoms with Crippen molar-refractivity contribution in [1.82, 2.24) is 0 Å². The van der Waals surface area contributed by atoms with Gasteiger partial charge in [0.15, 0.2) is 0 Å². The third-order valence-electron chi connectivity index (χ3n) is 3.88. The van der Waals surface area contributed by atoms with E-state index in [1.165, 1.54) is 0 Å².